The lowest BCUT2D eigenvalue weighted by Gasteiger charge is -2.26. The maximum atomic E-state index is 11.1. The maximum Gasteiger partial charge on any atom is 0.152 e. The van der Waals surface area contributed by atoms with E-state index in [0.29, 0.717) is 23.8 Å². The first-order valence-corrected chi connectivity index (χ1v) is 7.73. The van der Waals surface area contributed by atoms with Crippen molar-refractivity contribution < 1.29 is 14.3 Å². The van der Waals surface area contributed by atoms with Crippen LogP contribution >= 0.6 is 11.6 Å². The first kappa shape index (κ1) is 14.3. The molecular weight excluding hydrogens is 314 g/mol. The molecule has 0 radical (unpaired) electrons. The molecule has 0 aliphatic carbocycles. The molecule has 0 saturated carbocycles. The molecule has 1 aliphatic rings. The Bertz CT molecular complexity index is 866. The van der Waals surface area contributed by atoms with Crippen LogP contribution in [0.3, 0.4) is 0 Å². The standard InChI is InChI=1S/C18H14ClNO3/c19-17-6-18-16(12(8-21)7-20-18)5-15(17)11-1-3-13(4-2-11)23-14-9-22-10-14/h1-8,14,20H,9-10H2. The van der Waals surface area contributed by atoms with Gasteiger partial charge < -0.3 is 14.5 Å². The third-order valence-electron chi connectivity index (χ3n) is 4.00. The summed E-state index contributed by atoms with van der Waals surface area (Å²) in [5.74, 6) is 0.814. The molecule has 4 rings (SSSR count). The number of halogens is 1. The van der Waals surface area contributed by atoms with Crippen molar-refractivity contribution in [2.24, 2.45) is 0 Å². The summed E-state index contributed by atoms with van der Waals surface area (Å²) in [6, 6.07) is 11.6. The molecule has 1 N–H and O–H groups in total. The molecule has 3 aromatic rings. The van der Waals surface area contributed by atoms with E-state index in [1.165, 1.54) is 0 Å². The molecule has 2 aromatic carbocycles. The summed E-state index contributed by atoms with van der Waals surface area (Å²) in [6.07, 6.45) is 2.68. The van der Waals surface area contributed by atoms with Crippen molar-refractivity contribution in [3.05, 3.63) is 53.2 Å². The van der Waals surface area contributed by atoms with Crippen molar-refractivity contribution in [3.63, 3.8) is 0 Å². The van der Waals surface area contributed by atoms with Crippen molar-refractivity contribution >= 4 is 28.8 Å². The molecule has 0 atom stereocenters. The minimum atomic E-state index is 0.149. The normalized spacial score (nSPS) is 14.7. The van der Waals surface area contributed by atoms with Crippen LogP contribution in [-0.2, 0) is 4.74 Å². The summed E-state index contributed by atoms with van der Waals surface area (Å²) in [5.41, 5.74) is 3.35. The van der Waals surface area contributed by atoms with Gasteiger partial charge in [-0.15, -0.1) is 0 Å². The molecule has 1 fully saturated rings. The largest absolute Gasteiger partial charge is 0.486 e. The Labute approximate surface area is 138 Å². The highest BCUT2D eigenvalue weighted by atomic mass is 35.5. The lowest BCUT2D eigenvalue weighted by atomic mass is 10.0. The van der Waals surface area contributed by atoms with Gasteiger partial charge in [-0.2, -0.15) is 0 Å². The zero-order valence-electron chi connectivity index (χ0n) is 12.2. The number of nitrogens with one attached hydrogen (secondary N) is 1. The molecule has 1 aromatic heterocycles. The average Bonchev–Trinajstić information content (AvgIpc) is 2.92. The van der Waals surface area contributed by atoms with Gasteiger partial charge in [-0.05, 0) is 29.8 Å². The summed E-state index contributed by atoms with van der Waals surface area (Å²) >= 11 is 6.39. The monoisotopic (exact) mass is 327 g/mol. The van der Waals surface area contributed by atoms with E-state index >= 15 is 0 Å². The van der Waals surface area contributed by atoms with Crippen molar-refractivity contribution in [1.29, 1.82) is 0 Å². The van der Waals surface area contributed by atoms with Gasteiger partial charge in [0, 0.05) is 28.2 Å². The lowest BCUT2D eigenvalue weighted by Crippen LogP contribution is -2.38. The second-order valence-corrected chi connectivity index (χ2v) is 5.95. The number of H-pyrrole nitrogens is 1. The first-order valence-electron chi connectivity index (χ1n) is 7.35. The Morgan fingerprint density at radius 3 is 2.65 bits per heavy atom. The topological polar surface area (TPSA) is 51.3 Å². The van der Waals surface area contributed by atoms with Crippen LogP contribution in [0.4, 0.5) is 0 Å². The van der Waals surface area contributed by atoms with Crippen molar-refractivity contribution in [1.82, 2.24) is 4.98 Å². The van der Waals surface area contributed by atoms with Gasteiger partial charge in [0.1, 0.15) is 11.9 Å². The van der Waals surface area contributed by atoms with Crippen LogP contribution in [0.15, 0.2) is 42.6 Å². The van der Waals surface area contributed by atoms with Gasteiger partial charge in [0.05, 0.1) is 18.2 Å². The molecule has 116 valence electrons. The van der Waals surface area contributed by atoms with Crippen LogP contribution in [0.25, 0.3) is 22.0 Å². The van der Waals surface area contributed by atoms with E-state index in [0.717, 1.165) is 34.1 Å². The molecule has 0 unspecified atom stereocenters. The van der Waals surface area contributed by atoms with E-state index in [1.54, 1.807) is 6.20 Å². The molecule has 23 heavy (non-hydrogen) atoms. The second-order valence-electron chi connectivity index (χ2n) is 5.54. The van der Waals surface area contributed by atoms with E-state index in [9.17, 15) is 4.79 Å². The minimum absolute atomic E-state index is 0.149. The fourth-order valence-electron chi connectivity index (χ4n) is 2.67. The van der Waals surface area contributed by atoms with Crippen molar-refractivity contribution in [3.8, 4) is 16.9 Å². The number of aldehydes is 1. The van der Waals surface area contributed by atoms with E-state index in [1.807, 2.05) is 36.4 Å². The molecule has 2 heterocycles. The second kappa shape index (κ2) is 5.72. The molecule has 4 nitrogen and oxygen atoms in total. The number of carbonyl (C=O) groups is 1. The molecule has 0 spiro atoms. The predicted molar refractivity (Wildman–Crippen MR) is 89.4 cm³/mol. The third-order valence-corrected chi connectivity index (χ3v) is 4.32. The quantitative estimate of drug-likeness (QED) is 0.735. The van der Waals surface area contributed by atoms with E-state index in [4.69, 9.17) is 21.1 Å². The molecule has 1 saturated heterocycles. The van der Waals surface area contributed by atoms with Gasteiger partial charge in [-0.3, -0.25) is 4.79 Å². The smallest absolute Gasteiger partial charge is 0.152 e. The molecule has 0 amide bonds. The number of aromatic nitrogens is 1. The Morgan fingerprint density at radius 2 is 2.00 bits per heavy atom. The van der Waals surface area contributed by atoms with Crippen molar-refractivity contribution in [2.75, 3.05) is 13.2 Å². The summed E-state index contributed by atoms with van der Waals surface area (Å²) in [4.78, 5) is 14.2. The van der Waals surface area contributed by atoms with Gasteiger partial charge in [0.15, 0.2) is 6.29 Å². The highest BCUT2D eigenvalue weighted by Gasteiger charge is 2.20. The van der Waals surface area contributed by atoms with E-state index in [-0.39, 0.29) is 6.10 Å². The predicted octanol–water partition coefficient (Wildman–Crippen LogP) is 4.08. The van der Waals surface area contributed by atoms with Crippen LogP contribution in [0.1, 0.15) is 10.4 Å². The summed E-state index contributed by atoms with van der Waals surface area (Å²) in [7, 11) is 0. The molecule has 0 bridgehead atoms. The van der Waals surface area contributed by atoms with Gasteiger partial charge in [-0.25, -0.2) is 0 Å². The number of hydrogen-bond donors (Lipinski definition) is 1. The summed E-state index contributed by atoms with van der Waals surface area (Å²) < 4.78 is 10.9. The number of benzene rings is 2. The number of ether oxygens (including phenoxy) is 2. The molecular formula is C18H14ClNO3. The highest BCUT2D eigenvalue weighted by Crippen LogP contribution is 2.34. The van der Waals surface area contributed by atoms with Crippen LogP contribution in [0, 0.1) is 0 Å². The van der Waals surface area contributed by atoms with E-state index in [2.05, 4.69) is 4.98 Å². The van der Waals surface area contributed by atoms with Gasteiger partial charge in [0.25, 0.3) is 0 Å². The van der Waals surface area contributed by atoms with Crippen LogP contribution in [0.5, 0.6) is 5.75 Å². The highest BCUT2D eigenvalue weighted by molar-refractivity contribution is 6.34. The van der Waals surface area contributed by atoms with E-state index < -0.39 is 0 Å². The number of fused-ring (bicyclic) bond motifs is 1. The Morgan fingerprint density at radius 1 is 1.22 bits per heavy atom. The number of carbonyl (C=O) groups excluding carboxylic acids is 1. The van der Waals surface area contributed by atoms with Gasteiger partial charge in [-0.1, -0.05) is 23.7 Å². The van der Waals surface area contributed by atoms with Crippen LogP contribution in [0.2, 0.25) is 5.02 Å². The molecule has 5 heteroatoms. The number of hydrogen-bond acceptors (Lipinski definition) is 3. The Balaban J connectivity index is 1.69. The number of aromatic amines is 1. The zero-order chi connectivity index (χ0) is 15.8. The Hall–Kier alpha value is -2.30. The zero-order valence-corrected chi connectivity index (χ0v) is 13.0. The fourth-order valence-corrected chi connectivity index (χ4v) is 2.94. The number of rotatable bonds is 4. The van der Waals surface area contributed by atoms with Gasteiger partial charge in [0.2, 0.25) is 0 Å². The fraction of sp³-hybridized carbons (Fsp3) is 0.167. The van der Waals surface area contributed by atoms with Gasteiger partial charge >= 0.3 is 0 Å². The van der Waals surface area contributed by atoms with Crippen molar-refractivity contribution in [2.45, 2.75) is 6.10 Å². The summed E-state index contributed by atoms with van der Waals surface area (Å²) in [6.45, 7) is 1.29. The van der Waals surface area contributed by atoms with Crippen LogP contribution in [-0.4, -0.2) is 30.6 Å². The first-order chi connectivity index (χ1) is 11.2. The summed E-state index contributed by atoms with van der Waals surface area (Å²) in [5, 5.41) is 1.50. The lowest BCUT2D eigenvalue weighted by molar-refractivity contribution is -0.0796. The van der Waals surface area contributed by atoms with Crippen LogP contribution < -0.4 is 4.74 Å². The average molecular weight is 328 g/mol. The SMILES string of the molecule is O=Cc1c[nH]c2cc(Cl)c(-c3ccc(OC4COC4)cc3)cc12. The Kier molecular flexibility index (Phi) is 3.56. The maximum absolute atomic E-state index is 11.1. The molecule has 1 aliphatic heterocycles. The third kappa shape index (κ3) is 2.60. The minimum Gasteiger partial charge on any atom is -0.486 e.